The number of ether oxygens (including phenoxy) is 2. The molecule has 144 valence electrons. The van der Waals surface area contributed by atoms with E-state index in [0.717, 1.165) is 41.8 Å². The van der Waals surface area contributed by atoms with E-state index in [-0.39, 0.29) is 0 Å². The highest BCUT2D eigenvalue weighted by atomic mass is 16.5. The second kappa shape index (κ2) is 7.70. The Labute approximate surface area is 165 Å². The molecular formula is C24H26N2O2. The van der Waals surface area contributed by atoms with Crippen LogP contribution in [-0.2, 0) is 15.9 Å². The maximum absolute atomic E-state index is 6.41. The van der Waals surface area contributed by atoms with Crippen LogP contribution in [-0.4, -0.2) is 9.97 Å². The molecule has 2 aromatic rings. The predicted molar refractivity (Wildman–Crippen MR) is 110 cm³/mol. The van der Waals surface area contributed by atoms with Crippen LogP contribution in [0.5, 0.6) is 0 Å². The van der Waals surface area contributed by atoms with E-state index in [1.165, 1.54) is 37.0 Å². The third kappa shape index (κ3) is 3.51. The molecule has 1 atom stereocenters. The van der Waals surface area contributed by atoms with E-state index in [0.29, 0.717) is 11.8 Å². The molecule has 1 N–H and O–H groups in total. The molecule has 4 nitrogen and oxygen atoms in total. The summed E-state index contributed by atoms with van der Waals surface area (Å²) >= 11 is 0. The number of nitrogens with zero attached hydrogens (tertiary/aromatic N) is 1. The average Bonchev–Trinajstić information content (AvgIpc) is 3.42. The lowest BCUT2D eigenvalue weighted by molar-refractivity contribution is 0.167. The maximum Gasteiger partial charge on any atom is 0.165 e. The fourth-order valence-electron chi connectivity index (χ4n) is 4.67. The van der Waals surface area contributed by atoms with Crippen LogP contribution in [0.2, 0.25) is 0 Å². The highest BCUT2D eigenvalue weighted by molar-refractivity contribution is 5.76. The molecular weight excluding hydrogens is 348 g/mol. The Morgan fingerprint density at radius 1 is 1.21 bits per heavy atom. The van der Waals surface area contributed by atoms with Crippen molar-refractivity contribution in [1.29, 1.82) is 0 Å². The molecule has 4 heteroatoms. The Kier molecular flexibility index (Phi) is 4.78. The number of allylic oxidation sites excluding steroid dienone is 5. The van der Waals surface area contributed by atoms with Gasteiger partial charge in [0, 0.05) is 23.2 Å². The van der Waals surface area contributed by atoms with Crippen LogP contribution in [0.15, 0.2) is 72.2 Å². The van der Waals surface area contributed by atoms with Crippen molar-refractivity contribution in [2.24, 2.45) is 11.8 Å². The SMILES string of the molecule is C1=CCCC(C2=COC=C(C(Cc3cc4cccnc4[nH]3)C3CCCC3)O2)=C1. The number of aromatic amines is 1. The van der Waals surface area contributed by atoms with Crippen LogP contribution in [0.1, 0.15) is 44.2 Å². The maximum atomic E-state index is 6.41. The van der Waals surface area contributed by atoms with Crippen molar-refractivity contribution >= 4 is 11.0 Å². The average molecular weight is 374 g/mol. The highest BCUT2D eigenvalue weighted by Gasteiger charge is 2.32. The van der Waals surface area contributed by atoms with Crippen LogP contribution in [0.25, 0.3) is 11.0 Å². The fourth-order valence-corrected chi connectivity index (χ4v) is 4.67. The number of aromatic nitrogens is 2. The van der Waals surface area contributed by atoms with E-state index in [2.05, 4.69) is 40.3 Å². The first-order valence-corrected chi connectivity index (χ1v) is 10.4. The van der Waals surface area contributed by atoms with Gasteiger partial charge >= 0.3 is 0 Å². The largest absolute Gasteiger partial charge is 0.465 e. The quantitative estimate of drug-likeness (QED) is 0.707. The van der Waals surface area contributed by atoms with E-state index in [1.807, 2.05) is 18.5 Å². The lowest BCUT2D eigenvalue weighted by atomic mass is 9.85. The van der Waals surface area contributed by atoms with Crippen LogP contribution >= 0.6 is 0 Å². The summed E-state index contributed by atoms with van der Waals surface area (Å²) in [7, 11) is 0. The molecule has 0 bridgehead atoms. The lowest BCUT2D eigenvalue weighted by Crippen LogP contribution is -2.21. The predicted octanol–water partition coefficient (Wildman–Crippen LogP) is 5.92. The fraction of sp³-hybridized carbons (Fsp3) is 0.375. The standard InChI is InChI=1S/C24H26N2O2/c1-2-9-18(10-3-1)22-15-27-16-23(28-22)21(17-7-4-5-8-17)14-20-13-19-11-6-12-25-24(19)26-20/h1-2,6,9,11-13,15-17,21H,3-5,7-8,10,14H2,(H,25,26). The summed E-state index contributed by atoms with van der Waals surface area (Å²) in [6.45, 7) is 0. The van der Waals surface area contributed by atoms with Crippen molar-refractivity contribution in [1.82, 2.24) is 9.97 Å². The summed E-state index contributed by atoms with van der Waals surface area (Å²) in [5, 5.41) is 1.16. The number of rotatable bonds is 5. The van der Waals surface area contributed by atoms with Crippen LogP contribution in [0, 0.1) is 11.8 Å². The Hall–Kier alpha value is -2.75. The van der Waals surface area contributed by atoms with E-state index in [9.17, 15) is 0 Å². The van der Waals surface area contributed by atoms with Crippen LogP contribution in [0.3, 0.4) is 0 Å². The van der Waals surface area contributed by atoms with Crippen molar-refractivity contribution in [3.05, 3.63) is 77.9 Å². The molecule has 3 heterocycles. The second-order valence-electron chi connectivity index (χ2n) is 7.99. The van der Waals surface area contributed by atoms with Crippen molar-refractivity contribution in [3.8, 4) is 0 Å². The first-order valence-electron chi connectivity index (χ1n) is 10.4. The Morgan fingerprint density at radius 2 is 2.14 bits per heavy atom. The van der Waals surface area contributed by atoms with Crippen molar-refractivity contribution < 1.29 is 9.47 Å². The Bertz CT molecular complexity index is 940. The molecule has 1 fully saturated rings. The minimum absolute atomic E-state index is 0.319. The molecule has 3 aliphatic rings. The van der Waals surface area contributed by atoms with Gasteiger partial charge in [0.1, 0.15) is 23.9 Å². The normalized spacial score (nSPS) is 20.9. The van der Waals surface area contributed by atoms with Crippen molar-refractivity contribution in [2.45, 2.75) is 44.9 Å². The smallest absolute Gasteiger partial charge is 0.165 e. The summed E-state index contributed by atoms with van der Waals surface area (Å²) in [5.74, 6) is 2.78. The molecule has 1 saturated carbocycles. The molecule has 2 aliphatic carbocycles. The van der Waals surface area contributed by atoms with Crippen LogP contribution < -0.4 is 0 Å². The Balaban J connectivity index is 1.39. The zero-order valence-electron chi connectivity index (χ0n) is 16.1. The summed E-state index contributed by atoms with van der Waals surface area (Å²) < 4.78 is 12.2. The minimum Gasteiger partial charge on any atom is -0.465 e. The van der Waals surface area contributed by atoms with Gasteiger partial charge in [-0.05, 0) is 61.8 Å². The molecule has 0 amide bonds. The minimum atomic E-state index is 0.319. The number of pyridine rings is 1. The molecule has 0 saturated heterocycles. The molecule has 0 aromatic carbocycles. The van der Waals surface area contributed by atoms with E-state index in [1.54, 1.807) is 6.26 Å². The van der Waals surface area contributed by atoms with Gasteiger partial charge in [-0.3, -0.25) is 0 Å². The molecule has 2 aromatic heterocycles. The zero-order valence-corrected chi connectivity index (χ0v) is 16.1. The van der Waals surface area contributed by atoms with Gasteiger partial charge in [-0.15, -0.1) is 0 Å². The van der Waals surface area contributed by atoms with Gasteiger partial charge in [0.05, 0.1) is 0 Å². The monoisotopic (exact) mass is 374 g/mol. The lowest BCUT2D eigenvalue weighted by Gasteiger charge is -2.28. The molecule has 1 unspecified atom stereocenters. The van der Waals surface area contributed by atoms with Gasteiger partial charge in [-0.1, -0.05) is 31.1 Å². The molecule has 5 rings (SSSR count). The molecule has 0 radical (unpaired) electrons. The topological polar surface area (TPSA) is 47.1 Å². The van der Waals surface area contributed by atoms with Gasteiger partial charge in [0.2, 0.25) is 0 Å². The first-order chi connectivity index (χ1) is 13.9. The van der Waals surface area contributed by atoms with Gasteiger partial charge in [0.25, 0.3) is 0 Å². The number of hydrogen-bond acceptors (Lipinski definition) is 3. The van der Waals surface area contributed by atoms with Gasteiger partial charge in [-0.2, -0.15) is 0 Å². The van der Waals surface area contributed by atoms with Gasteiger partial charge < -0.3 is 14.5 Å². The summed E-state index contributed by atoms with van der Waals surface area (Å²) in [6.07, 6.45) is 19.9. The van der Waals surface area contributed by atoms with Gasteiger partial charge in [-0.25, -0.2) is 4.98 Å². The number of hydrogen-bond donors (Lipinski definition) is 1. The van der Waals surface area contributed by atoms with Crippen molar-refractivity contribution in [3.63, 3.8) is 0 Å². The summed E-state index contributed by atoms with van der Waals surface area (Å²) in [4.78, 5) is 7.94. The summed E-state index contributed by atoms with van der Waals surface area (Å²) in [6, 6.07) is 6.31. The highest BCUT2D eigenvalue weighted by Crippen LogP contribution is 2.40. The number of fused-ring (bicyclic) bond motifs is 1. The number of H-pyrrole nitrogens is 1. The van der Waals surface area contributed by atoms with E-state index < -0.39 is 0 Å². The summed E-state index contributed by atoms with van der Waals surface area (Å²) in [5.41, 5.74) is 3.39. The molecule has 1 aliphatic heterocycles. The molecule has 28 heavy (non-hydrogen) atoms. The third-order valence-corrected chi connectivity index (χ3v) is 6.14. The Morgan fingerprint density at radius 3 is 2.96 bits per heavy atom. The van der Waals surface area contributed by atoms with Crippen LogP contribution in [0.4, 0.5) is 0 Å². The zero-order chi connectivity index (χ0) is 18.8. The second-order valence-corrected chi connectivity index (χ2v) is 7.99. The van der Waals surface area contributed by atoms with Crippen molar-refractivity contribution in [2.75, 3.05) is 0 Å². The molecule has 0 spiro atoms. The first kappa shape index (κ1) is 17.4. The van der Waals surface area contributed by atoms with E-state index in [4.69, 9.17) is 9.47 Å². The van der Waals surface area contributed by atoms with Gasteiger partial charge in [0.15, 0.2) is 5.76 Å². The van der Waals surface area contributed by atoms with E-state index >= 15 is 0 Å². The third-order valence-electron chi connectivity index (χ3n) is 6.14. The number of nitrogens with one attached hydrogen (secondary N) is 1.